The van der Waals surface area contributed by atoms with Gasteiger partial charge in [-0.3, -0.25) is 0 Å². The molecule has 2 aromatic heterocycles. The normalized spacial score (nSPS) is 25.7. The molecule has 1 unspecified atom stereocenters. The van der Waals surface area contributed by atoms with E-state index in [1.165, 1.54) is 0 Å². The molecule has 32 heavy (non-hydrogen) atoms. The summed E-state index contributed by atoms with van der Waals surface area (Å²) in [5.74, 6) is -1.74. The van der Waals surface area contributed by atoms with Gasteiger partial charge in [0.2, 0.25) is 5.79 Å². The van der Waals surface area contributed by atoms with Gasteiger partial charge in [-0.05, 0) is 37.5 Å². The number of nitrogens with zero attached hydrogens (tertiary/aromatic N) is 2. The van der Waals surface area contributed by atoms with E-state index >= 15 is 0 Å². The minimum absolute atomic E-state index is 0.325. The monoisotopic (exact) mass is 449 g/mol. The fraction of sp³-hybridized carbons (Fsp3) is 0.708. The van der Waals surface area contributed by atoms with Gasteiger partial charge in [-0.2, -0.15) is 5.10 Å². The summed E-state index contributed by atoms with van der Waals surface area (Å²) in [6.07, 6.45) is 5.80. The molecule has 2 aromatic rings. The molecule has 0 bridgehead atoms. The van der Waals surface area contributed by atoms with Crippen LogP contribution in [-0.2, 0) is 24.7 Å². The van der Waals surface area contributed by atoms with Crippen LogP contribution in [0.2, 0.25) is 0 Å². The standard InChI is InChI=1S/C24H39N3O5/c1-4-7-14-29-17-20-22(30-15-8-5-2)23(31-16-9-6-3)24(28,32-20)21-11-10-19-18(25)12-13-26-27(19)21/h10-13,20,22-23,28H,4-9,14-17,25H2,1-3H3/t20-,22-,23-,24?/m1/s1. The number of aliphatic hydroxyl groups is 1. The molecule has 3 N–H and O–H groups in total. The maximum Gasteiger partial charge on any atom is 0.240 e. The zero-order valence-electron chi connectivity index (χ0n) is 19.7. The van der Waals surface area contributed by atoms with Crippen molar-refractivity contribution in [3.8, 4) is 0 Å². The second-order valence-electron chi connectivity index (χ2n) is 8.42. The van der Waals surface area contributed by atoms with Gasteiger partial charge in [0, 0.05) is 26.0 Å². The van der Waals surface area contributed by atoms with Gasteiger partial charge >= 0.3 is 0 Å². The average molecular weight is 450 g/mol. The summed E-state index contributed by atoms with van der Waals surface area (Å²) >= 11 is 0. The van der Waals surface area contributed by atoms with Crippen molar-refractivity contribution in [3.05, 3.63) is 30.1 Å². The number of fused-ring (bicyclic) bond motifs is 1. The second-order valence-corrected chi connectivity index (χ2v) is 8.42. The van der Waals surface area contributed by atoms with E-state index in [0.29, 0.717) is 43.3 Å². The molecule has 1 saturated heterocycles. The highest BCUT2D eigenvalue weighted by atomic mass is 16.7. The van der Waals surface area contributed by atoms with E-state index in [9.17, 15) is 5.11 Å². The maximum atomic E-state index is 11.9. The molecule has 0 aromatic carbocycles. The van der Waals surface area contributed by atoms with Crippen LogP contribution >= 0.6 is 0 Å². The Morgan fingerprint density at radius 2 is 1.72 bits per heavy atom. The van der Waals surface area contributed by atoms with Crippen molar-refractivity contribution in [2.45, 2.75) is 83.4 Å². The van der Waals surface area contributed by atoms with E-state index in [2.05, 4.69) is 25.9 Å². The molecule has 1 aliphatic heterocycles. The van der Waals surface area contributed by atoms with E-state index in [1.54, 1.807) is 22.8 Å². The molecular weight excluding hydrogens is 410 g/mol. The van der Waals surface area contributed by atoms with Crippen LogP contribution in [0.25, 0.3) is 5.52 Å². The van der Waals surface area contributed by atoms with Gasteiger partial charge in [0.15, 0.2) is 0 Å². The van der Waals surface area contributed by atoms with Crippen molar-refractivity contribution in [1.29, 1.82) is 0 Å². The third-order valence-corrected chi connectivity index (χ3v) is 5.86. The van der Waals surface area contributed by atoms with Crippen LogP contribution in [0.15, 0.2) is 24.4 Å². The van der Waals surface area contributed by atoms with Gasteiger partial charge in [-0.15, -0.1) is 0 Å². The van der Waals surface area contributed by atoms with Crippen molar-refractivity contribution in [1.82, 2.24) is 9.61 Å². The zero-order valence-corrected chi connectivity index (χ0v) is 19.7. The van der Waals surface area contributed by atoms with Crippen LogP contribution in [0, 0.1) is 0 Å². The number of nitrogen functional groups attached to an aromatic ring is 1. The average Bonchev–Trinajstić information content (AvgIpc) is 3.33. The van der Waals surface area contributed by atoms with E-state index in [-0.39, 0.29) is 0 Å². The predicted octanol–water partition coefficient (Wildman–Crippen LogP) is 3.65. The first-order chi connectivity index (χ1) is 15.6. The van der Waals surface area contributed by atoms with Gasteiger partial charge in [-0.1, -0.05) is 40.0 Å². The number of aromatic nitrogens is 2. The van der Waals surface area contributed by atoms with Crippen molar-refractivity contribution in [3.63, 3.8) is 0 Å². The first-order valence-corrected chi connectivity index (χ1v) is 12.0. The van der Waals surface area contributed by atoms with E-state index < -0.39 is 24.1 Å². The Labute approximate surface area is 191 Å². The Morgan fingerprint density at radius 3 is 2.44 bits per heavy atom. The lowest BCUT2D eigenvalue weighted by Crippen LogP contribution is -2.45. The van der Waals surface area contributed by atoms with Crippen molar-refractivity contribution in [2.75, 3.05) is 32.2 Å². The molecule has 0 aliphatic carbocycles. The Balaban J connectivity index is 1.93. The van der Waals surface area contributed by atoms with Gasteiger partial charge < -0.3 is 29.8 Å². The van der Waals surface area contributed by atoms with Gasteiger partial charge in [-0.25, -0.2) is 4.52 Å². The lowest BCUT2D eigenvalue weighted by atomic mass is 10.0. The largest absolute Gasteiger partial charge is 0.397 e. The molecule has 0 spiro atoms. The Hall–Kier alpha value is -1.71. The van der Waals surface area contributed by atoms with Crippen molar-refractivity contribution >= 4 is 11.2 Å². The summed E-state index contributed by atoms with van der Waals surface area (Å²) in [6, 6.07) is 5.35. The minimum Gasteiger partial charge on any atom is -0.397 e. The van der Waals surface area contributed by atoms with Gasteiger partial charge in [0.05, 0.1) is 17.8 Å². The van der Waals surface area contributed by atoms with Crippen LogP contribution in [0.1, 0.15) is 65.0 Å². The molecule has 3 rings (SSSR count). The van der Waals surface area contributed by atoms with Gasteiger partial charge in [0.25, 0.3) is 0 Å². The summed E-state index contributed by atoms with van der Waals surface area (Å²) in [5.41, 5.74) is 7.87. The first-order valence-electron chi connectivity index (χ1n) is 12.0. The fourth-order valence-corrected chi connectivity index (χ4v) is 3.99. The van der Waals surface area contributed by atoms with Crippen LogP contribution in [0.5, 0.6) is 0 Å². The third kappa shape index (κ3) is 5.43. The number of ether oxygens (including phenoxy) is 4. The van der Waals surface area contributed by atoms with Crippen molar-refractivity contribution < 1.29 is 24.1 Å². The summed E-state index contributed by atoms with van der Waals surface area (Å²) < 4.78 is 26.3. The van der Waals surface area contributed by atoms with Crippen molar-refractivity contribution in [2.24, 2.45) is 0 Å². The molecule has 1 fully saturated rings. The molecule has 8 heteroatoms. The molecular formula is C24H39N3O5. The third-order valence-electron chi connectivity index (χ3n) is 5.86. The van der Waals surface area contributed by atoms with Crippen LogP contribution in [0.4, 0.5) is 5.69 Å². The van der Waals surface area contributed by atoms with Crippen LogP contribution < -0.4 is 5.73 Å². The highest BCUT2D eigenvalue weighted by Gasteiger charge is 2.58. The number of rotatable bonds is 14. The molecule has 0 saturated carbocycles. The smallest absolute Gasteiger partial charge is 0.240 e. The fourth-order valence-electron chi connectivity index (χ4n) is 3.99. The van der Waals surface area contributed by atoms with E-state index in [0.717, 1.165) is 38.5 Å². The van der Waals surface area contributed by atoms with E-state index in [4.69, 9.17) is 24.7 Å². The van der Waals surface area contributed by atoms with E-state index in [1.807, 2.05) is 6.07 Å². The summed E-state index contributed by atoms with van der Waals surface area (Å²) in [6.45, 7) is 8.39. The molecule has 0 radical (unpaired) electrons. The Bertz CT molecular complexity index is 829. The number of hydrogen-bond acceptors (Lipinski definition) is 7. The number of hydrogen-bond donors (Lipinski definition) is 2. The Morgan fingerprint density at radius 1 is 1.03 bits per heavy atom. The second kappa shape index (κ2) is 12.0. The van der Waals surface area contributed by atoms with Gasteiger partial charge in [0.1, 0.15) is 24.0 Å². The topological polar surface area (TPSA) is 100 Å². The lowest BCUT2D eigenvalue weighted by molar-refractivity contribution is -0.253. The highest BCUT2D eigenvalue weighted by Crippen LogP contribution is 2.42. The maximum absolute atomic E-state index is 11.9. The highest BCUT2D eigenvalue weighted by molar-refractivity contribution is 5.69. The molecule has 0 amide bonds. The summed E-state index contributed by atoms with van der Waals surface area (Å²) in [4.78, 5) is 0. The molecule has 180 valence electrons. The molecule has 8 nitrogen and oxygen atoms in total. The minimum atomic E-state index is -1.74. The number of unbranched alkanes of at least 4 members (excludes halogenated alkanes) is 3. The number of anilines is 1. The van der Waals surface area contributed by atoms with Crippen LogP contribution in [0.3, 0.4) is 0 Å². The zero-order chi connectivity index (χ0) is 23.0. The Kier molecular flexibility index (Phi) is 9.31. The summed E-state index contributed by atoms with van der Waals surface area (Å²) in [7, 11) is 0. The molecule has 4 atom stereocenters. The molecule has 1 aliphatic rings. The lowest BCUT2D eigenvalue weighted by Gasteiger charge is -2.30. The molecule has 3 heterocycles. The quantitative estimate of drug-likeness (QED) is 0.425. The number of nitrogens with two attached hydrogens (primary N) is 1. The SMILES string of the molecule is CCCCOC[C@H]1OC(O)(c2ccc3c(N)ccnn23)[C@H](OCCCC)[C@@H]1OCCCC. The van der Waals surface area contributed by atoms with Crippen LogP contribution in [-0.4, -0.2) is 59.5 Å². The summed E-state index contributed by atoms with van der Waals surface area (Å²) in [5, 5.41) is 16.3. The first kappa shape index (κ1) is 24.9. The predicted molar refractivity (Wildman–Crippen MR) is 123 cm³/mol.